The van der Waals surface area contributed by atoms with E-state index in [2.05, 4.69) is 184 Å². The summed E-state index contributed by atoms with van der Waals surface area (Å²) in [6.07, 6.45) is 13.4. The van der Waals surface area contributed by atoms with Crippen LogP contribution in [0.25, 0.3) is 79.2 Å². The summed E-state index contributed by atoms with van der Waals surface area (Å²) >= 11 is 0. The van der Waals surface area contributed by atoms with Crippen molar-refractivity contribution in [2.75, 3.05) is 0 Å². The van der Waals surface area contributed by atoms with Gasteiger partial charge in [-0.25, -0.2) is 15.0 Å². The van der Waals surface area contributed by atoms with E-state index in [9.17, 15) is 0 Å². The maximum atomic E-state index is 4.97. The molecule has 2 aliphatic rings. The van der Waals surface area contributed by atoms with E-state index in [0.29, 0.717) is 23.4 Å². The minimum atomic E-state index is -0.102. The number of aryl methyl sites for hydroxylation is 1. The molecule has 3 nitrogen and oxygen atoms in total. The number of fused-ring (bicyclic) bond motifs is 3. The Morgan fingerprint density at radius 3 is 1.71 bits per heavy atom. The summed E-state index contributed by atoms with van der Waals surface area (Å²) in [4.78, 5) is 14.8. The van der Waals surface area contributed by atoms with Gasteiger partial charge in [0.05, 0.1) is 0 Å². The highest BCUT2D eigenvalue weighted by Gasteiger charge is 2.34. The maximum Gasteiger partial charge on any atom is 0.164 e. The van der Waals surface area contributed by atoms with Crippen LogP contribution in [0.3, 0.4) is 0 Å². The van der Waals surface area contributed by atoms with Gasteiger partial charge in [-0.2, -0.15) is 0 Å². The van der Waals surface area contributed by atoms with Crippen LogP contribution in [0, 0.1) is 12.8 Å². The number of allylic oxidation sites excluding steroid dienone is 5. The first-order valence-corrected chi connectivity index (χ1v) is 23.0. The van der Waals surface area contributed by atoms with Crippen LogP contribution >= 0.6 is 0 Å². The molecule has 1 heterocycles. The number of aromatic nitrogens is 3. The van der Waals surface area contributed by atoms with Crippen molar-refractivity contribution >= 4 is 11.6 Å². The third kappa shape index (κ3) is 8.05. The van der Waals surface area contributed by atoms with Crippen molar-refractivity contribution in [2.45, 2.75) is 32.1 Å². The molecule has 11 rings (SSSR count). The van der Waals surface area contributed by atoms with E-state index in [1.165, 1.54) is 66.8 Å². The predicted octanol–water partition coefficient (Wildman–Crippen LogP) is 15.5. The second-order valence-electron chi connectivity index (χ2n) is 17.9. The second-order valence-corrected chi connectivity index (χ2v) is 17.9. The molecule has 3 heteroatoms. The molecule has 0 saturated heterocycles. The summed E-state index contributed by atoms with van der Waals surface area (Å²) in [5.41, 5.74) is 19.2. The lowest BCUT2D eigenvalue weighted by Gasteiger charge is -2.37. The zero-order valence-electron chi connectivity index (χ0n) is 37.3. The monoisotopic (exact) mass is 847 g/mol. The highest BCUT2D eigenvalue weighted by molar-refractivity contribution is 5.93. The van der Waals surface area contributed by atoms with Crippen LogP contribution in [0.4, 0.5) is 0 Å². The first-order valence-electron chi connectivity index (χ1n) is 23.0. The Labute approximate surface area is 388 Å². The molecule has 0 N–H and O–H groups in total. The lowest BCUT2D eigenvalue weighted by Crippen LogP contribution is -2.32. The van der Waals surface area contributed by atoms with Crippen LogP contribution < -0.4 is 0 Å². The molecular formula is C63H49N3. The minimum absolute atomic E-state index is 0.102. The highest BCUT2D eigenvalue weighted by atomic mass is 15.0. The first-order chi connectivity index (χ1) is 32.4. The van der Waals surface area contributed by atoms with Gasteiger partial charge in [-0.15, -0.1) is 0 Å². The quantitative estimate of drug-likeness (QED) is 0.145. The van der Waals surface area contributed by atoms with Gasteiger partial charge >= 0.3 is 0 Å². The van der Waals surface area contributed by atoms with Crippen LogP contribution in [0.5, 0.6) is 0 Å². The molecular weight excluding hydrogens is 799 g/mol. The van der Waals surface area contributed by atoms with E-state index in [-0.39, 0.29) is 5.41 Å². The van der Waals surface area contributed by atoms with Gasteiger partial charge in [0.2, 0.25) is 0 Å². The molecule has 2 unspecified atom stereocenters. The number of hydrogen-bond acceptors (Lipinski definition) is 3. The molecule has 0 spiro atoms. The Morgan fingerprint density at radius 2 is 1.02 bits per heavy atom. The molecule has 316 valence electrons. The summed E-state index contributed by atoms with van der Waals surface area (Å²) in [5.74, 6) is 2.33. The second kappa shape index (κ2) is 17.5. The van der Waals surface area contributed by atoms with Crippen LogP contribution in [-0.4, -0.2) is 15.0 Å². The van der Waals surface area contributed by atoms with Gasteiger partial charge in [0.1, 0.15) is 0 Å². The summed E-state index contributed by atoms with van der Waals surface area (Å²) < 4.78 is 0. The lowest BCUT2D eigenvalue weighted by molar-refractivity contribution is 0.420. The normalized spacial score (nSPS) is 16.2. The average molecular weight is 848 g/mol. The van der Waals surface area contributed by atoms with Gasteiger partial charge in [-0.05, 0) is 104 Å². The molecule has 0 amide bonds. The molecule has 0 fully saturated rings. The van der Waals surface area contributed by atoms with E-state index in [4.69, 9.17) is 15.0 Å². The molecule has 2 atom stereocenters. The zero-order valence-corrected chi connectivity index (χ0v) is 37.3. The molecule has 0 saturated carbocycles. The van der Waals surface area contributed by atoms with Gasteiger partial charge in [-0.3, -0.25) is 0 Å². The molecule has 0 aliphatic heterocycles. The van der Waals surface area contributed by atoms with Crippen LogP contribution in [-0.2, 0) is 18.3 Å². The standard InChI is InChI=1S/C63H49N3/c1-43-37-51(33-35-59(43)63(2)36-15-14-26-56(63)38-44-17-6-3-7-18-44)49-24-16-25-50(39-49)54-41-53-23-12-13-27-57(53)58-34-32-52(40-55(58)42-54)45-28-30-48(31-29-45)62-65-60(46-19-8-4-9-20-46)64-61(66-62)47-21-10-5-11-22-47/h3-37,39-41,56H,38,42H2,1-2H3. The summed E-state index contributed by atoms with van der Waals surface area (Å²) in [5, 5.41) is 0. The average Bonchev–Trinajstić information content (AvgIpc) is 3.54. The molecule has 0 bridgehead atoms. The number of rotatable bonds is 9. The van der Waals surface area contributed by atoms with Gasteiger partial charge < -0.3 is 0 Å². The van der Waals surface area contributed by atoms with Crippen molar-refractivity contribution in [3.05, 3.63) is 258 Å². The Balaban J connectivity index is 0.894. The SMILES string of the molecule is Cc1cc(-c2cccc(C3=Cc4ccccc4-c4ccc(-c5ccc(-c6nc(-c7ccccc7)nc(-c7ccccc7)n6)cc5)cc4C3)c2)ccc1C1(C)C=CC=CC1Cc1ccccc1. The Morgan fingerprint density at radius 1 is 0.470 bits per heavy atom. The van der Waals surface area contributed by atoms with Gasteiger partial charge in [0, 0.05) is 22.1 Å². The Hall–Kier alpha value is -8.01. The van der Waals surface area contributed by atoms with E-state index < -0.39 is 0 Å². The van der Waals surface area contributed by atoms with Crippen LogP contribution in [0.1, 0.15) is 40.3 Å². The molecule has 66 heavy (non-hydrogen) atoms. The van der Waals surface area contributed by atoms with Crippen molar-refractivity contribution in [1.82, 2.24) is 15.0 Å². The van der Waals surface area contributed by atoms with Crippen molar-refractivity contribution in [3.8, 4) is 67.5 Å². The van der Waals surface area contributed by atoms with E-state index in [1.807, 2.05) is 60.7 Å². The first kappa shape index (κ1) is 40.7. The topological polar surface area (TPSA) is 38.7 Å². The number of nitrogens with zero attached hydrogens (tertiary/aromatic N) is 3. The van der Waals surface area contributed by atoms with Crippen LogP contribution in [0.15, 0.2) is 224 Å². The molecule has 8 aromatic carbocycles. The summed E-state index contributed by atoms with van der Waals surface area (Å²) in [6.45, 7) is 4.68. The molecule has 9 aromatic rings. The van der Waals surface area contributed by atoms with Crippen molar-refractivity contribution < 1.29 is 0 Å². The van der Waals surface area contributed by atoms with E-state index >= 15 is 0 Å². The third-order valence-corrected chi connectivity index (χ3v) is 13.6. The molecule has 1 aromatic heterocycles. The molecule has 0 radical (unpaired) electrons. The fourth-order valence-electron chi connectivity index (χ4n) is 9.99. The minimum Gasteiger partial charge on any atom is -0.208 e. The maximum absolute atomic E-state index is 4.97. The van der Waals surface area contributed by atoms with Gasteiger partial charge in [0.15, 0.2) is 17.5 Å². The predicted molar refractivity (Wildman–Crippen MR) is 274 cm³/mol. The lowest BCUT2D eigenvalue weighted by atomic mass is 9.66. The van der Waals surface area contributed by atoms with Crippen LogP contribution in [0.2, 0.25) is 0 Å². The number of benzene rings is 8. The largest absolute Gasteiger partial charge is 0.208 e. The van der Waals surface area contributed by atoms with E-state index in [1.54, 1.807) is 0 Å². The van der Waals surface area contributed by atoms with Crippen molar-refractivity contribution in [1.29, 1.82) is 0 Å². The van der Waals surface area contributed by atoms with Gasteiger partial charge in [-0.1, -0.05) is 231 Å². The summed E-state index contributed by atoms with van der Waals surface area (Å²) in [6, 6.07) is 71.7. The van der Waals surface area contributed by atoms with Crippen molar-refractivity contribution in [2.24, 2.45) is 5.92 Å². The summed E-state index contributed by atoms with van der Waals surface area (Å²) in [7, 11) is 0. The fourth-order valence-corrected chi connectivity index (χ4v) is 9.99. The smallest absolute Gasteiger partial charge is 0.164 e. The Kier molecular flexibility index (Phi) is 10.8. The molecule has 2 aliphatic carbocycles. The van der Waals surface area contributed by atoms with Crippen molar-refractivity contribution in [3.63, 3.8) is 0 Å². The number of hydrogen-bond donors (Lipinski definition) is 0. The van der Waals surface area contributed by atoms with E-state index in [0.717, 1.165) is 35.1 Å². The third-order valence-electron chi connectivity index (χ3n) is 13.6. The fraction of sp³-hybridized carbons (Fsp3) is 0.0952. The zero-order chi connectivity index (χ0) is 44.5. The Bertz CT molecular complexity index is 3250. The highest BCUT2D eigenvalue weighted by Crippen LogP contribution is 2.43. The van der Waals surface area contributed by atoms with Gasteiger partial charge in [0.25, 0.3) is 0 Å².